The van der Waals surface area contributed by atoms with E-state index in [0.29, 0.717) is 19.3 Å². The smallest absolute Gasteiger partial charge is 0.410 e. The second kappa shape index (κ2) is 44.8. The van der Waals surface area contributed by atoms with E-state index in [-0.39, 0.29) is 6.42 Å². The Morgan fingerprint density at radius 2 is 0.941 bits per heavy atom. The summed E-state index contributed by atoms with van der Waals surface area (Å²) in [7, 11) is 0. The first-order chi connectivity index (χ1) is 33.0. The van der Waals surface area contributed by atoms with Crippen molar-refractivity contribution in [1.82, 2.24) is 5.32 Å². The zero-order chi connectivity index (χ0) is 49.9. The van der Waals surface area contributed by atoms with Crippen molar-refractivity contribution >= 4 is 18.0 Å². The first-order valence-corrected chi connectivity index (χ1v) is 27.9. The first kappa shape index (κ1) is 63.9. The molecule has 0 aromatic heterocycles. The third-order valence-electron chi connectivity index (χ3n) is 13.4. The lowest BCUT2D eigenvalue weighted by atomic mass is 9.98. The minimum absolute atomic E-state index is 0.185. The Labute approximate surface area is 413 Å². The van der Waals surface area contributed by atoms with Crippen LogP contribution >= 0.6 is 0 Å². The largest absolute Gasteiger partial charge is 0.460 e. The van der Waals surface area contributed by atoms with Gasteiger partial charge in [-0.05, 0) is 19.3 Å². The van der Waals surface area contributed by atoms with Gasteiger partial charge in [-0.15, -0.1) is 0 Å². The maximum atomic E-state index is 13.3. The second-order valence-electron chi connectivity index (χ2n) is 19.7. The van der Waals surface area contributed by atoms with Crippen molar-refractivity contribution in [3.05, 3.63) is 0 Å². The van der Waals surface area contributed by atoms with Gasteiger partial charge in [0.25, 0.3) is 0 Å². The number of alkyl carbamates (subject to hydrolysis) is 1. The molecule has 402 valence electrons. The maximum Gasteiger partial charge on any atom is 0.410 e. The molecule has 0 bridgehead atoms. The molecule has 6 N–H and O–H groups in total. The molecule has 14 nitrogen and oxygen atoms in total. The van der Waals surface area contributed by atoms with Gasteiger partial charge in [-0.3, -0.25) is 9.59 Å². The lowest BCUT2D eigenvalue weighted by Gasteiger charge is -2.40. The number of hydrogen-bond acceptors (Lipinski definition) is 13. The number of aliphatic hydroxyl groups is 5. The topological polar surface area (TPSA) is 211 Å². The molecule has 0 aromatic carbocycles. The van der Waals surface area contributed by atoms with Crippen LogP contribution in [0, 0.1) is 0 Å². The minimum atomic E-state index is -1.72. The van der Waals surface area contributed by atoms with Crippen LogP contribution in [0.4, 0.5) is 4.79 Å². The summed E-state index contributed by atoms with van der Waals surface area (Å²) in [5.41, 5.74) is 0. The number of carbonyl (C=O) groups excluding carboxylic acids is 3. The van der Waals surface area contributed by atoms with E-state index in [1.165, 1.54) is 167 Å². The standard InChI is InChI=1S/C54H103NO13/c1-4-6-8-10-12-14-16-18-19-20-21-22-23-24-25-26-27-28-30-32-34-36-38-40-48(58)67-46(39-37-35-33-31-29-17-15-13-11-9-7-5-2)49(59)45(55-54(63)66-43-65-44(3)57)42-64-53-52(62)51(61)50(60)47(41-56)68-53/h45-47,49-53,56,59-62H,4-43H2,1-3H3,(H,55,63)/t45-,46+,47+,49-,50-,51-,52+,53-/m0/s1. The number of esters is 2. The molecular formula is C54H103NO13. The zero-order valence-corrected chi connectivity index (χ0v) is 43.4. The minimum Gasteiger partial charge on any atom is -0.460 e. The molecule has 8 atom stereocenters. The molecule has 1 saturated heterocycles. The van der Waals surface area contributed by atoms with Gasteiger partial charge in [0.1, 0.15) is 36.6 Å². The summed E-state index contributed by atoms with van der Waals surface area (Å²) in [5, 5.41) is 54.9. The zero-order valence-electron chi connectivity index (χ0n) is 43.4. The summed E-state index contributed by atoms with van der Waals surface area (Å²) < 4.78 is 26.8. The van der Waals surface area contributed by atoms with Crippen LogP contribution in [0.5, 0.6) is 0 Å². The molecule has 0 saturated carbocycles. The molecule has 0 unspecified atom stereocenters. The summed E-state index contributed by atoms with van der Waals surface area (Å²) in [6.07, 6.45) is 32.3. The number of ether oxygens (including phenoxy) is 5. The van der Waals surface area contributed by atoms with Crippen LogP contribution in [0.25, 0.3) is 0 Å². The summed E-state index contributed by atoms with van der Waals surface area (Å²) in [4.78, 5) is 37.3. The van der Waals surface area contributed by atoms with E-state index in [1.54, 1.807) is 0 Å². The van der Waals surface area contributed by atoms with E-state index >= 15 is 0 Å². The molecule has 1 heterocycles. The average Bonchev–Trinajstić information content (AvgIpc) is 3.32. The highest BCUT2D eigenvalue weighted by molar-refractivity contribution is 5.70. The Balaban J connectivity index is 2.58. The highest BCUT2D eigenvalue weighted by atomic mass is 16.7. The average molecular weight is 974 g/mol. The fourth-order valence-corrected chi connectivity index (χ4v) is 9.02. The monoisotopic (exact) mass is 974 g/mol. The molecule has 0 spiro atoms. The van der Waals surface area contributed by atoms with Crippen LogP contribution in [-0.2, 0) is 33.3 Å². The van der Waals surface area contributed by atoms with Crippen LogP contribution in [0.15, 0.2) is 0 Å². The van der Waals surface area contributed by atoms with Gasteiger partial charge in [0.15, 0.2) is 6.29 Å². The van der Waals surface area contributed by atoms with Gasteiger partial charge in [-0.1, -0.05) is 226 Å². The van der Waals surface area contributed by atoms with Gasteiger partial charge in [0.2, 0.25) is 6.79 Å². The van der Waals surface area contributed by atoms with Gasteiger partial charge in [-0.2, -0.15) is 0 Å². The molecule has 1 fully saturated rings. The molecule has 1 amide bonds. The van der Waals surface area contributed by atoms with Crippen LogP contribution in [0.2, 0.25) is 0 Å². The maximum absolute atomic E-state index is 13.3. The molecule has 1 rings (SSSR count). The molecule has 68 heavy (non-hydrogen) atoms. The van der Waals surface area contributed by atoms with Crippen molar-refractivity contribution in [2.75, 3.05) is 20.0 Å². The first-order valence-electron chi connectivity index (χ1n) is 27.9. The Kier molecular flexibility index (Phi) is 42.2. The van der Waals surface area contributed by atoms with Gasteiger partial charge in [-0.25, -0.2) is 4.79 Å². The molecule has 0 aromatic rings. The Hall–Kier alpha value is -2.07. The number of amides is 1. The van der Waals surface area contributed by atoms with Crippen LogP contribution in [-0.4, -0.2) is 113 Å². The highest BCUT2D eigenvalue weighted by Gasteiger charge is 2.45. The molecular weight excluding hydrogens is 871 g/mol. The Morgan fingerprint density at radius 1 is 0.544 bits per heavy atom. The third-order valence-corrected chi connectivity index (χ3v) is 13.4. The normalized spacial score (nSPS) is 19.6. The van der Waals surface area contributed by atoms with Crippen LogP contribution < -0.4 is 5.32 Å². The van der Waals surface area contributed by atoms with E-state index in [2.05, 4.69) is 19.2 Å². The molecule has 0 radical (unpaired) electrons. The summed E-state index contributed by atoms with van der Waals surface area (Å²) in [5.74, 6) is -1.13. The van der Waals surface area contributed by atoms with E-state index in [0.717, 1.165) is 51.9 Å². The number of nitrogens with one attached hydrogen (secondary N) is 1. The number of rotatable bonds is 47. The van der Waals surface area contributed by atoms with Crippen molar-refractivity contribution in [2.24, 2.45) is 0 Å². The fourth-order valence-electron chi connectivity index (χ4n) is 9.02. The third kappa shape index (κ3) is 34.3. The summed E-state index contributed by atoms with van der Waals surface area (Å²) >= 11 is 0. The summed E-state index contributed by atoms with van der Waals surface area (Å²) in [6.45, 7) is 3.78. The molecule has 1 aliphatic heterocycles. The van der Waals surface area contributed by atoms with E-state index in [9.17, 15) is 39.9 Å². The van der Waals surface area contributed by atoms with Crippen molar-refractivity contribution in [3.8, 4) is 0 Å². The predicted molar refractivity (Wildman–Crippen MR) is 268 cm³/mol. The van der Waals surface area contributed by atoms with Gasteiger partial charge in [0.05, 0.1) is 19.3 Å². The number of unbranched alkanes of at least 4 members (excludes halogenated alkanes) is 33. The quantitative estimate of drug-likeness (QED) is 0.0191. The number of aliphatic hydroxyl groups excluding tert-OH is 5. The van der Waals surface area contributed by atoms with Crippen molar-refractivity contribution in [1.29, 1.82) is 0 Å². The highest BCUT2D eigenvalue weighted by Crippen LogP contribution is 2.24. The second-order valence-corrected chi connectivity index (χ2v) is 19.7. The number of carbonyl (C=O) groups is 3. The summed E-state index contributed by atoms with van der Waals surface area (Å²) in [6, 6.07) is -1.29. The predicted octanol–water partition coefficient (Wildman–Crippen LogP) is 11.2. The van der Waals surface area contributed by atoms with E-state index < -0.39 is 87.0 Å². The Morgan fingerprint density at radius 3 is 1.34 bits per heavy atom. The fraction of sp³-hybridized carbons (Fsp3) is 0.944. The number of hydrogen-bond donors (Lipinski definition) is 6. The van der Waals surface area contributed by atoms with Gasteiger partial charge in [0, 0.05) is 13.3 Å². The lowest BCUT2D eigenvalue weighted by Crippen LogP contribution is -2.60. The Bertz CT molecular complexity index is 1180. The van der Waals surface area contributed by atoms with Gasteiger partial charge < -0.3 is 54.5 Å². The van der Waals surface area contributed by atoms with Crippen molar-refractivity contribution in [3.63, 3.8) is 0 Å². The van der Waals surface area contributed by atoms with E-state index in [4.69, 9.17) is 23.7 Å². The lowest BCUT2D eigenvalue weighted by molar-refractivity contribution is -0.303. The van der Waals surface area contributed by atoms with Crippen molar-refractivity contribution < 1.29 is 63.6 Å². The van der Waals surface area contributed by atoms with Crippen molar-refractivity contribution in [2.45, 2.75) is 307 Å². The molecule has 1 aliphatic rings. The molecule has 0 aliphatic carbocycles. The molecule has 14 heteroatoms. The SMILES string of the molecule is CCCCCCCCCCCCCCCCCCCCCCCCCC(=O)O[C@H](CCCCCCCCCCCCCC)[C@@H](O)[C@H](CO[C@H]1O[C@H](CO)[C@H](O)[C@H](O)[C@H]1O)NC(=O)OCOC(C)=O. The van der Waals surface area contributed by atoms with Crippen LogP contribution in [0.3, 0.4) is 0 Å². The van der Waals surface area contributed by atoms with Gasteiger partial charge >= 0.3 is 18.0 Å². The van der Waals surface area contributed by atoms with Crippen LogP contribution in [0.1, 0.15) is 258 Å². The van der Waals surface area contributed by atoms with E-state index in [1.807, 2.05) is 0 Å².